The van der Waals surface area contributed by atoms with E-state index < -0.39 is 0 Å². The maximum Gasteiger partial charge on any atom is 0.0872 e. The molecule has 2 aliphatic carbocycles. The summed E-state index contributed by atoms with van der Waals surface area (Å²) in [7, 11) is 1.87. The molecule has 0 radical (unpaired) electrons. The van der Waals surface area contributed by atoms with E-state index in [1.165, 1.54) is 49.7 Å². The second-order valence-corrected chi connectivity index (χ2v) is 6.41. The lowest BCUT2D eigenvalue weighted by molar-refractivity contribution is -0.0995. The van der Waals surface area contributed by atoms with Gasteiger partial charge in [0.1, 0.15) is 0 Å². The van der Waals surface area contributed by atoms with Crippen LogP contribution < -0.4 is 5.32 Å². The number of hydrogen-bond acceptors (Lipinski definition) is 2. The van der Waals surface area contributed by atoms with Crippen molar-refractivity contribution >= 4 is 0 Å². The number of hydrogen-bond donors (Lipinski definition) is 1. The maximum atomic E-state index is 5.92. The topological polar surface area (TPSA) is 21.3 Å². The molecule has 3 rings (SSSR count). The maximum absolute atomic E-state index is 5.92. The van der Waals surface area contributed by atoms with Gasteiger partial charge in [0.2, 0.25) is 0 Å². The van der Waals surface area contributed by atoms with Crippen LogP contribution in [0.3, 0.4) is 0 Å². The Labute approximate surface area is 122 Å². The van der Waals surface area contributed by atoms with Gasteiger partial charge in [0.05, 0.1) is 11.6 Å². The molecule has 0 aliphatic heterocycles. The summed E-state index contributed by atoms with van der Waals surface area (Å²) in [5.41, 5.74) is 2.97. The van der Waals surface area contributed by atoms with Gasteiger partial charge in [0.15, 0.2) is 0 Å². The Bertz CT molecular complexity index is 443. The molecule has 110 valence electrons. The van der Waals surface area contributed by atoms with E-state index in [0.717, 1.165) is 12.5 Å². The average molecular weight is 273 g/mol. The van der Waals surface area contributed by atoms with Crippen molar-refractivity contribution in [2.24, 2.45) is 0 Å². The molecule has 0 bridgehead atoms. The molecular formula is C18H27NO. The lowest BCUT2D eigenvalue weighted by Gasteiger charge is -2.47. The lowest BCUT2D eigenvalue weighted by Crippen LogP contribution is -2.50. The van der Waals surface area contributed by atoms with Crippen molar-refractivity contribution in [3.8, 4) is 0 Å². The predicted molar refractivity (Wildman–Crippen MR) is 83.0 cm³/mol. The molecule has 2 nitrogen and oxygen atoms in total. The number of methoxy groups -OCH3 is 1. The first-order valence-corrected chi connectivity index (χ1v) is 8.17. The van der Waals surface area contributed by atoms with Crippen LogP contribution in [0.4, 0.5) is 0 Å². The minimum absolute atomic E-state index is 0.0221. The molecule has 1 N–H and O–H groups in total. The molecule has 1 aromatic rings. The molecule has 0 aromatic heterocycles. The molecule has 2 heteroatoms. The predicted octanol–water partition coefficient (Wildman–Crippen LogP) is 4.17. The molecular weight excluding hydrogens is 246 g/mol. The van der Waals surface area contributed by atoms with E-state index in [4.69, 9.17) is 4.74 Å². The largest absolute Gasteiger partial charge is 0.376 e. The first-order chi connectivity index (χ1) is 9.79. The average Bonchev–Trinajstić information content (AvgIpc) is 2.35. The molecule has 1 aromatic carbocycles. The van der Waals surface area contributed by atoms with Crippen LogP contribution in [0.15, 0.2) is 24.3 Å². The van der Waals surface area contributed by atoms with Crippen LogP contribution >= 0.6 is 0 Å². The third kappa shape index (κ3) is 2.40. The normalized spacial score (nSPS) is 22.9. The van der Waals surface area contributed by atoms with Gasteiger partial charge in [0, 0.05) is 7.11 Å². The summed E-state index contributed by atoms with van der Waals surface area (Å²) in [6.07, 6.45) is 7.77. The van der Waals surface area contributed by atoms with E-state index in [9.17, 15) is 0 Å². The van der Waals surface area contributed by atoms with Gasteiger partial charge in [-0.15, -0.1) is 0 Å². The van der Waals surface area contributed by atoms with Gasteiger partial charge in [-0.3, -0.25) is 0 Å². The first-order valence-electron chi connectivity index (χ1n) is 8.17. The van der Waals surface area contributed by atoms with E-state index in [-0.39, 0.29) is 5.60 Å². The van der Waals surface area contributed by atoms with Crippen molar-refractivity contribution in [3.05, 3.63) is 35.4 Å². The van der Waals surface area contributed by atoms with Crippen molar-refractivity contribution < 1.29 is 4.74 Å². The molecule has 0 amide bonds. The second-order valence-electron chi connectivity index (χ2n) is 6.41. The van der Waals surface area contributed by atoms with Crippen LogP contribution in [0.5, 0.6) is 0 Å². The van der Waals surface area contributed by atoms with E-state index in [0.29, 0.717) is 6.04 Å². The van der Waals surface area contributed by atoms with Crippen molar-refractivity contribution in [1.29, 1.82) is 0 Å². The summed E-state index contributed by atoms with van der Waals surface area (Å²) < 4.78 is 5.92. The van der Waals surface area contributed by atoms with Gasteiger partial charge in [-0.1, -0.05) is 37.6 Å². The van der Waals surface area contributed by atoms with Crippen LogP contribution in [0.1, 0.15) is 68.5 Å². The van der Waals surface area contributed by atoms with E-state index >= 15 is 0 Å². The van der Waals surface area contributed by atoms with Crippen LogP contribution in [0.2, 0.25) is 0 Å². The van der Waals surface area contributed by atoms with Crippen molar-refractivity contribution in [3.63, 3.8) is 0 Å². The number of benzene rings is 1. The Kier molecular flexibility index (Phi) is 4.13. The Morgan fingerprint density at radius 2 is 2.10 bits per heavy atom. The van der Waals surface area contributed by atoms with Gasteiger partial charge < -0.3 is 10.1 Å². The summed E-state index contributed by atoms with van der Waals surface area (Å²) in [6.45, 7) is 3.17. The smallest absolute Gasteiger partial charge is 0.0872 e. The lowest BCUT2D eigenvalue weighted by atomic mass is 9.71. The number of ether oxygens (including phenoxy) is 1. The van der Waals surface area contributed by atoms with Crippen LogP contribution in [0.25, 0.3) is 0 Å². The molecule has 20 heavy (non-hydrogen) atoms. The summed E-state index contributed by atoms with van der Waals surface area (Å²) in [6, 6.07) is 9.57. The van der Waals surface area contributed by atoms with Crippen molar-refractivity contribution in [2.45, 2.75) is 63.0 Å². The highest BCUT2D eigenvalue weighted by atomic mass is 16.5. The molecule has 2 aliphatic rings. The zero-order valence-corrected chi connectivity index (χ0v) is 12.8. The van der Waals surface area contributed by atoms with Gasteiger partial charge in [-0.2, -0.15) is 0 Å². The van der Waals surface area contributed by atoms with E-state index in [1.54, 1.807) is 0 Å². The second kappa shape index (κ2) is 5.87. The fourth-order valence-corrected chi connectivity index (χ4v) is 3.68. The van der Waals surface area contributed by atoms with Crippen LogP contribution in [-0.4, -0.2) is 19.3 Å². The zero-order chi connectivity index (χ0) is 14.0. The Hall–Kier alpha value is -0.860. The molecule has 2 fully saturated rings. The highest BCUT2D eigenvalue weighted by Gasteiger charge is 2.44. The minimum atomic E-state index is 0.0221. The fraction of sp³-hybridized carbons (Fsp3) is 0.667. The van der Waals surface area contributed by atoms with Crippen molar-refractivity contribution in [2.75, 3.05) is 13.7 Å². The highest BCUT2D eigenvalue weighted by molar-refractivity contribution is 5.32. The zero-order valence-electron chi connectivity index (χ0n) is 12.8. The highest BCUT2D eigenvalue weighted by Crippen LogP contribution is 2.45. The SMILES string of the molecule is CCNC(c1cccc(C2CCC2)c1)C1(OC)CCC1. The van der Waals surface area contributed by atoms with E-state index in [1.807, 2.05) is 7.11 Å². The summed E-state index contributed by atoms with van der Waals surface area (Å²) in [4.78, 5) is 0. The number of rotatable bonds is 6. The van der Waals surface area contributed by atoms with E-state index in [2.05, 4.69) is 36.5 Å². The summed E-state index contributed by atoms with van der Waals surface area (Å²) in [5, 5.41) is 3.67. The number of likely N-dealkylation sites (N-methyl/N-ethyl adjacent to an activating group) is 1. The van der Waals surface area contributed by atoms with Gasteiger partial charge in [-0.25, -0.2) is 0 Å². The molecule has 0 heterocycles. The third-order valence-electron chi connectivity index (χ3n) is 5.36. The number of nitrogens with one attached hydrogen (secondary N) is 1. The minimum Gasteiger partial charge on any atom is -0.376 e. The first kappa shape index (κ1) is 14.1. The monoisotopic (exact) mass is 273 g/mol. The Morgan fingerprint density at radius 3 is 2.60 bits per heavy atom. The molecule has 2 saturated carbocycles. The van der Waals surface area contributed by atoms with Crippen LogP contribution in [0, 0.1) is 0 Å². The van der Waals surface area contributed by atoms with Gasteiger partial charge >= 0.3 is 0 Å². The molecule has 1 unspecified atom stereocenters. The molecule has 0 spiro atoms. The molecule has 0 saturated heterocycles. The standard InChI is InChI=1S/C18H27NO/c1-3-19-17(18(20-2)11-6-12-18)16-10-5-9-15(13-16)14-7-4-8-14/h5,9-10,13-14,17,19H,3-4,6-8,11-12H2,1-2H3. The van der Waals surface area contributed by atoms with Crippen molar-refractivity contribution in [1.82, 2.24) is 5.32 Å². The van der Waals surface area contributed by atoms with Gasteiger partial charge in [-0.05, 0) is 55.7 Å². The third-order valence-corrected chi connectivity index (χ3v) is 5.36. The quantitative estimate of drug-likeness (QED) is 0.839. The molecule has 1 atom stereocenters. The van der Waals surface area contributed by atoms with Crippen LogP contribution in [-0.2, 0) is 4.74 Å². The van der Waals surface area contributed by atoms with Gasteiger partial charge in [0.25, 0.3) is 0 Å². The Morgan fingerprint density at radius 1 is 1.30 bits per heavy atom. The summed E-state index contributed by atoms with van der Waals surface area (Å²) in [5.74, 6) is 0.803. The Balaban J connectivity index is 1.86. The fourth-order valence-electron chi connectivity index (χ4n) is 3.68. The summed E-state index contributed by atoms with van der Waals surface area (Å²) >= 11 is 0.